The summed E-state index contributed by atoms with van der Waals surface area (Å²) in [4.78, 5) is 5.75. The molecule has 2 heterocycles. The third kappa shape index (κ3) is 3.56. The van der Waals surface area contributed by atoms with Gasteiger partial charge in [0.25, 0.3) is 0 Å². The van der Waals surface area contributed by atoms with Gasteiger partial charge in [0.05, 0.1) is 5.69 Å². The average molecular weight is 298 g/mol. The molecule has 0 unspecified atom stereocenters. The summed E-state index contributed by atoms with van der Waals surface area (Å²) in [7, 11) is 0. The van der Waals surface area contributed by atoms with Crippen LogP contribution >= 0.6 is 11.3 Å². The van der Waals surface area contributed by atoms with Crippen molar-refractivity contribution in [3.8, 4) is 5.69 Å². The second-order valence-corrected chi connectivity index (χ2v) is 5.99. The molecular weight excluding hydrogens is 280 g/mol. The highest BCUT2D eigenvalue weighted by Gasteiger charge is 2.01. The number of nitrogens with zero attached hydrogens (tertiary/aromatic N) is 3. The highest BCUT2D eigenvalue weighted by molar-refractivity contribution is 7.11. The Morgan fingerprint density at radius 1 is 1.19 bits per heavy atom. The summed E-state index contributed by atoms with van der Waals surface area (Å²) in [6, 6.07) is 10.4. The fraction of sp³-hybridized carbons (Fsp3) is 0.250. The molecule has 21 heavy (non-hydrogen) atoms. The zero-order valence-corrected chi connectivity index (χ0v) is 12.8. The van der Waals surface area contributed by atoms with Gasteiger partial charge in [-0.1, -0.05) is 19.1 Å². The molecule has 4 nitrogen and oxygen atoms in total. The molecule has 0 amide bonds. The monoisotopic (exact) mass is 298 g/mol. The van der Waals surface area contributed by atoms with Crippen molar-refractivity contribution in [2.75, 3.05) is 0 Å². The molecule has 1 aromatic carbocycles. The maximum atomic E-state index is 4.41. The van der Waals surface area contributed by atoms with Crippen LogP contribution in [0.4, 0.5) is 0 Å². The van der Waals surface area contributed by atoms with E-state index in [1.165, 1.54) is 10.4 Å². The fourth-order valence-electron chi connectivity index (χ4n) is 2.10. The van der Waals surface area contributed by atoms with E-state index in [2.05, 4.69) is 46.6 Å². The number of hydrogen-bond acceptors (Lipinski definition) is 4. The van der Waals surface area contributed by atoms with E-state index >= 15 is 0 Å². The molecule has 0 spiro atoms. The lowest BCUT2D eigenvalue weighted by Gasteiger charge is -2.05. The van der Waals surface area contributed by atoms with Crippen molar-refractivity contribution in [3.63, 3.8) is 0 Å². The molecule has 3 aromatic rings. The number of nitrogens with one attached hydrogen (secondary N) is 1. The highest BCUT2D eigenvalue weighted by Crippen LogP contribution is 2.13. The third-order valence-electron chi connectivity index (χ3n) is 3.26. The van der Waals surface area contributed by atoms with Crippen LogP contribution < -0.4 is 5.32 Å². The van der Waals surface area contributed by atoms with Crippen LogP contribution in [0.5, 0.6) is 0 Å². The first-order valence-electron chi connectivity index (χ1n) is 7.08. The van der Waals surface area contributed by atoms with Crippen LogP contribution in [0.1, 0.15) is 22.4 Å². The number of aromatic nitrogens is 3. The van der Waals surface area contributed by atoms with E-state index in [-0.39, 0.29) is 0 Å². The van der Waals surface area contributed by atoms with Crippen LogP contribution in [-0.4, -0.2) is 14.8 Å². The number of aryl methyl sites for hydroxylation is 1. The number of benzene rings is 1. The van der Waals surface area contributed by atoms with Gasteiger partial charge in [-0.15, -0.1) is 11.3 Å². The van der Waals surface area contributed by atoms with Gasteiger partial charge in [-0.25, -0.2) is 9.67 Å². The summed E-state index contributed by atoms with van der Waals surface area (Å²) in [5.74, 6) is 0. The predicted molar refractivity (Wildman–Crippen MR) is 85.6 cm³/mol. The van der Waals surface area contributed by atoms with Crippen molar-refractivity contribution >= 4 is 11.3 Å². The molecule has 0 aliphatic rings. The zero-order chi connectivity index (χ0) is 14.5. The van der Waals surface area contributed by atoms with E-state index in [9.17, 15) is 0 Å². The first-order chi connectivity index (χ1) is 10.3. The molecule has 108 valence electrons. The standard InChI is InChI=1S/C16H18N4S/c1-2-15-11-18-16(21-15)12-17-10-13-4-6-14(7-5-13)20-9-3-8-19-20/h3-9,11,17H,2,10,12H2,1H3. The van der Waals surface area contributed by atoms with Crippen molar-refractivity contribution in [2.24, 2.45) is 0 Å². The normalized spacial score (nSPS) is 10.9. The minimum absolute atomic E-state index is 0.825. The molecule has 1 N–H and O–H groups in total. The van der Waals surface area contributed by atoms with Gasteiger partial charge in [0.2, 0.25) is 0 Å². The van der Waals surface area contributed by atoms with Crippen molar-refractivity contribution in [1.82, 2.24) is 20.1 Å². The van der Waals surface area contributed by atoms with E-state index in [1.54, 1.807) is 17.5 Å². The lowest BCUT2D eigenvalue weighted by atomic mass is 10.2. The lowest BCUT2D eigenvalue weighted by Crippen LogP contribution is -2.12. The first-order valence-corrected chi connectivity index (χ1v) is 7.90. The molecule has 0 radical (unpaired) electrons. The SMILES string of the molecule is CCc1cnc(CNCc2ccc(-n3cccn3)cc2)s1. The molecule has 0 aliphatic carbocycles. The van der Waals surface area contributed by atoms with Crippen LogP contribution in [-0.2, 0) is 19.5 Å². The van der Waals surface area contributed by atoms with Gasteiger partial charge in [0.15, 0.2) is 0 Å². The average Bonchev–Trinajstić information content (AvgIpc) is 3.19. The molecule has 0 aliphatic heterocycles. The number of thiazole rings is 1. The Hall–Kier alpha value is -1.98. The lowest BCUT2D eigenvalue weighted by molar-refractivity contribution is 0.689. The minimum atomic E-state index is 0.825. The largest absolute Gasteiger partial charge is 0.306 e. The van der Waals surface area contributed by atoms with E-state index in [1.807, 2.05) is 23.1 Å². The van der Waals surface area contributed by atoms with Gasteiger partial charge in [-0.2, -0.15) is 5.10 Å². The summed E-state index contributed by atoms with van der Waals surface area (Å²) < 4.78 is 1.86. The van der Waals surface area contributed by atoms with Crippen LogP contribution in [0.2, 0.25) is 0 Å². The Balaban J connectivity index is 1.53. The van der Waals surface area contributed by atoms with Crippen LogP contribution in [0, 0.1) is 0 Å². The van der Waals surface area contributed by atoms with E-state index in [0.717, 1.165) is 30.2 Å². The maximum Gasteiger partial charge on any atom is 0.107 e. The topological polar surface area (TPSA) is 42.7 Å². The number of hydrogen-bond donors (Lipinski definition) is 1. The van der Waals surface area contributed by atoms with Crippen LogP contribution in [0.15, 0.2) is 48.9 Å². The van der Waals surface area contributed by atoms with Crippen molar-refractivity contribution in [3.05, 3.63) is 64.4 Å². The quantitative estimate of drug-likeness (QED) is 0.760. The highest BCUT2D eigenvalue weighted by atomic mass is 32.1. The van der Waals surface area contributed by atoms with Gasteiger partial charge in [-0.3, -0.25) is 0 Å². The fourth-order valence-corrected chi connectivity index (χ4v) is 2.93. The summed E-state index contributed by atoms with van der Waals surface area (Å²) in [6.07, 6.45) is 6.77. The predicted octanol–water partition coefficient (Wildman–Crippen LogP) is 3.18. The zero-order valence-electron chi connectivity index (χ0n) is 12.0. The van der Waals surface area contributed by atoms with Gasteiger partial charge in [0, 0.05) is 36.6 Å². The molecule has 0 fully saturated rings. The summed E-state index contributed by atoms with van der Waals surface area (Å²) in [6.45, 7) is 3.83. The van der Waals surface area contributed by atoms with Crippen LogP contribution in [0.25, 0.3) is 5.69 Å². The summed E-state index contributed by atoms with van der Waals surface area (Å²) >= 11 is 1.78. The molecule has 3 rings (SSSR count). The Morgan fingerprint density at radius 2 is 2.05 bits per heavy atom. The summed E-state index contributed by atoms with van der Waals surface area (Å²) in [5, 5.41) is 8.81. The van der Waals surface area contributed by atoms with E-state index in [0.29, 0.717) is 0 Å². The molecule has 2 aromatic heterocycles. The molecular formula is C16H18N4S. The van der Waals surface area contributed by atoms with Gasteiger partial charge in [-0.05, 0) is 30.2 Å². The van der Waals surface area contributed by atoms with Crippen LogP contribution in [0.3, 0.4) is 0 Å². The molecule has 5 heteroatoms. The first kappa shape index (κ1) is 14.0. The van der Waals surface area contributed by atoms with Crippen molar-refractivity contribution in [2.45, 2.75) is 26.4 Å². The molecule has 0 saturated carbocycles. The third-order valence-corrected chi connectivity index (χ3v) is 4.40. The molecule has 0 saturated heterocycles. The van der Waals surface area contributed by atoms with Gasteiger partial charge >= 0.3 is 0 Å². The van der Waals surface area contributed by atoms with Crippen molar-refractivity contribution in [1.29, 1.82) is 0 Å². The van der Waals surface area contributed by atoms with E-state index in [4.69, 9.17) is 0 Å². The second-order valence-electron chi connectivity index (χ2n) is 4.79. The van der Waals surface area contributed by atoms with Gasteiger partial charge in [0.1, 0.15) is 5.01 Å². The Labute approximate surface area is 128 Å². The van der Waals surface area contributed by atoms with E-state index < -0.39 is 0 Å². The maximum absolute atomic E-state index is 4.41. The minimum Gasteiger partial charge on any atom is -0.306 e. The Kier molecular flexibility index (Phi) is 4.43. The smallest absolute Gasteiger partial charge is 0.107 e. The molecule has 0 bridgehead atoms. The summed E-state index contributed by atoms with van der Waals surface area (Å²) in [5.41, 5.74) is 2.34. The Morgan fingerprint density at radius 3 is 2.71 bits per heavy atom. The Bertz CT molecular complexity index is 671. The number of rotatable bonds is 6. The molecule has 0 atom stereocenters. The van der Waals surface area contributed by atoms with Gasteiger partial charge < -0.3 is 5.32 Å². The van der Waals surface area contributed by atoms with Crippen molar-refractivity contribution < 1.29 is 0 Å². The second kappa shape index (κ2) is 6.65.